The van der Waals surface area contributed by atoms with Crippen molar-refractivity contribution < 1.29 is 14.7 Å². The number of amides is 2. The van der Waals surface area contributed by atoms with Crippen molar-refractivity contribution in [1.29, 1.82) is 5.26 Å². The lowest BCUT2D eigenvalue weighted by Gasteiger charge is -2.33. The van der Waals surface area contributed by atoms with Crippen LogP contribution >= 0.6 is 23.1 Å². The Kier molecular flexibility index (Phi) is 7.34. The standard InChI is InChI=1S/C15H20N4O3S2/c16-7-4-8-19(11-5-2-1-3-6-11)15(22)18-14-17-9-13(24-14)23-10-12(20)21/h9,11H,1-6,8,10H2,(H,20,21)(H,17,18,22). The summed E-state index contributed by atoms with van der Waals surface area (Å²) in [5.41, 5.74) is 0. The second-order valence-corrected chi connectivity index (χ2v) is 7.80. The molecule has 130 valence electrons. The second kappa shape index (κ2) is 9.49. The van der Waals surface area contributed by atoms with Crippen LogP contribution in [-0.4, -0.2) is 45.3 Å². The Balaban J connectivity index is 1.96. The number of anilines is 1. The molecule has 9 heteroatoms. The Hall–Kier alpha value is -1.79. The molecule has 0 unspecified atom stereocenters. The molecule has 1 fully saturated rings. The van der Waals surface area contributed by atoms with Crippen molar-refractivity contribution in [2.75, 3.05) is 17.6 Å². The van der Waals surface area contributed by atoms with Crippen LogP contribution in [0.25, 0.3) is 0 Å². The van der Waals surface area contributed by atoms with Crippen LogP contribution in [0.1, 0.15) is 38.5 Å². The zero-order chi connectivity index (χ0) is 17.4. The highest BCUT2D eigenvalue weighted by atomic mass is 32.2. The summed E-state index contributed by atoms with van der Waals surface area (Å²) in [6, 6.07) is 2.03. The van der Waals surface area contributed by atoms with Gasteiger partial charge in [-0.25, -0.2) is 9.78 Å². The maximum atomic E-state index is 12.6. The minimum absolute atomic E-state index is 0.0358. The van der Waals surface area contributed by atoms with Crippen molar-refractivity contribution in [3.63, 3.8) is 0 Å². The summed E-state index contributed by atoms with van der Waals surface area (Å²) < 4.78 is 0.744. The molecule has 2 N–H and O–H groups in total. The molecule has 24 heavy (non-hydrogen) atoms. The van der Waals surface area contributed by atoms with Gasteiger partial charge in [0, 0.05) is 12.6 Å². The fraction of sp³-hybridized carbons (Fsp3) is 0.600. The molecule has 0 spiro atoms. The van der Waals surface area contributed by atoms with Gasteiger partial charge >= 0.3 is 12.0 Å². The van der Waals surface area contributed by atoms with Gasteiger partial charge in [0.1, 0.15) is 0 Å². The lowest BCUT2D eigenvalue weighted by molar-refractivity contribution is -0.133. The predicted molar refractivity (Wildman–Crippen MR) is 93.3 cm³/mol. The topological polar surface area (TPSA) is 106 Å². The van der Waals surface area contributed by atoms with Gasteiger partial charge in [0.2, 0.25) is 0 Å². The number of nitrogens with one attached hydrogen (secondary N) is 1. The van der Waals surface area contributed by atoms with Gasteiger partial charge in [0.25, 0.3) is 0 Å². The minimum Gasteiger partial charge on any atom is -0.481 e. The monoisotopic (exact) mass is 368 g/mol. The van der Waals surface area contributed by atoms with E-state index in [1.54, 1.807) is 11.1 Å². The number of rotatable bonds is 7. The number of hydrogen-bond acceptors (Lipinski definition) is 6. The third-order valence-electron chi connectivity index (χ3n) is 3.78. The Morgan fingerprint density at radius 1 is 1.46 bits per heavy atom. The largest absolute Gasteiger partial charge is 0.481 e. The van der Waals surface area contributed by atoms with E-state index in [0.717, 1.165) is 29.9 Å². The van der Waals surface area contributed by atoms with E-state index in [9.17, 15) is 9.59 Å². The molecule has 1 heterocycles. The molecule has 2 rings (SSSR count). The van der Waals surface area contributed by atoms with Crippen LogP contribution in [0.2, 0.25) is 0 Å². The van der Waals surface area contributed by atoms with Crippen LogP contribution in [0, 0.1) is 11.3 Å². The van der Waals surface area contributed by atoms with Crippen molar-refractivity contribution in [3.8, 4) is 6.07 Å². The number of carboxylic acids is 1. The summed E-state index contributed by atoms with van der Waals surface area (Å²) in [5.74, 6) is -0.926. The van der Waals surface area contributed by atoms with Gasteiger partial charge in [-0.1, -0.05) is 30.6 Å². The summed E-state index contributed by atoms with van der Waals surface area (Å²) in [5, 5.41) is 20.7. The number of nitriles is 1. The Bertz CT molecular complexity index is 608. The quantitative estimate of drug-likeness (QED) is 0.714. The molecule has 1 aromatic rings. The van der Waals surface area contributed by atoms with Crippen LogP contribution in [-0.2, 0) is 4.79 Å². The second-order valence-electron chi connectivity index (χ2n) is 5.49. The van der Waals surface area contributed by atoms with Gasteiger partial charge in [0.05, 0.1) is 28.6 Å². The Morgan fingerprint density at radius 3 is 2.88 bits per heavy atom. The van der Waals surface area contributed by atoms with Crippen LogP contribution in [0.3, 0.4) is 0 Å². The SMILES string of the molecule is N#CCCN(C(=O)Nc1ncc(SCC(=O)O)s1)C1CCCCC1. The van der Waals surface area contributed by atoms with Crippen molar-refractivity contribution in [2.24, 2.45) is 0 Å². The molecule has 2 amide bonds. The van der Waals surface area contributed by atoms with E-state index in [1.165, 1.54) is 29.5 Å². The third kappa shape index (κ3) is 5.69. The first-order chi connectivity index (χ1) is 11.6. The molecule has 1 aliphatic rings. The summed E-state index contributed by atoms with van der Waals surface area (Å²) in [6.07, 6.45) is 7.21. The first kappa shape index (κ1) is 18.5. The average Bonchev–Trinajstić information content (AvgIpc) is 3.02. The lowest BCUT2D eigenvalue weighted by Crippen LogP contribution is -2.44. The van der Waals surface area contributed by atoms with E-state index in [1.807, 2.05) is 0 Å². The summed E-state index contributed by atoms with van der Waals surface area (Å²) in [4.78, 5) is 29.0. The van der Waals surface area contributed by atoms with Crippen molar-refractivity contribution >= 4 is 40.2 Å². The number of aromatic nitrogens is 1. The highest BCUT2D eigenvalue weighted by molar-refractivity contribution is 8.01. The van der Waals surface area contributed by atoms with Crippen LogP contribution in [0.5, 0.6) is 0 Å². The minimum atomic E-state index is -0.890. The van der Waals surface area contributed by atoms with Crippen LogP contribution in [0.15, 0.2) is 10.4 Å². The molecule has 1 aromatic heterocycles. The first-order valence-corrected chi connectivity index (χ1v) is 9.65. The van der Waals surface area contributed by atoms with Crippen molar-refractivity contribution in [3.05, 3.63) is 6.20 Å². The number of urea groups is 1. The number of aliphatic carboxylic acids is 1. The fourth-order valence-electron chi connectivity index (χ4n) is 2.69. The molecular weight excluding hydrogens is 348 g/mol. The molecule has 0 aromatic carbocycles. The molecular formula is C15H20N4O3S2. The van der Waals surface area contributed by atoms with Gasteiger partial charge in [-0.05, 0) is 12.8 Å². The lowest BCUT2D eigenvalue weighted by atomic mass is 9.94. The number of hydrogen-bond donors (Lipinski definition) is 2. The number of thiazole rings is 1. The zero-order valence-corrected chi connectivity index (χ0v) is 14.9. The fourth-order valence-corrected chi connectivity index (χ4v) is 4.28. The predicted octanol–water partition coefficient (Wildman–Crippen LogP) is 3.40. The zero-order valence-electron chi connectivity index (χ0n) is 13.2. The van der Waals surface area contributed by atoms with Crippen molar-refractivity contribution in [1.82, 2.24) is 9.88 Å². The van der Waals surface area contributed by atoms with Crippen molar-refractivity contribution in [2.45, 2.75) is 48.8 Å². The normalized spacial score (nSPS) is 14.8. The molecule has 0 atom stereocenters. The highest BCUT2D eigenvalue weighted by Gasteiger charge is 2.25. The van der Waals surface area contributed by atoms with E-state index in [0.29, 0.717) is 18.1 Å². The van der Waals surface area contributed by atoms with Gasteiger partial charge in [0.15, 0.2) is 5.13 Å². The Morgan fingerprint density at radius 2 is 2.21 bits per heavy atom. The number of thioether (sulfide) groups is 1. The summed E-state index contributed by atoms with van der Waals surface area (Å²) >= 11 is 2.43. The smallest absolute Gasteiger partial charge is 0.323 e. The van der Waals surface area contributed by atoms with E-state index < -0.39 is 5.97 Å². The maximum Gasteiger partial charge on any atom is 0.323 e. The average molecular weight is 368 g/mol. The molecule has 0 saturated heterocycles. The van der Waals surface area contributed by atoms with Gasteiger partial charge in [-0.3, -0.25) is 10.1 Å². The van der Waals surface area contributed by atoms with E-state index in [4.69, 9.17) is 10.4 Å². The molecule has 0 bridgehead atoms. The van der Waals surface area contributed by atoms with Crippen LogP contribution in [0.4, 0.5) is 9.93 Å². The van der Waals surface area contributed by atoms with Crippen LogP contribution < -0.4 is 5.32 Å². The number of nitrogens with zero attached hydrogens (tertiary/aromatic N) is 3. The third-order valence-corrected chi connectivity index (χ3v) is 5.87. The van der Waals surface area contributed by atoms with Gasteiger partial charge < -0.3 is 10.0 Å². The van der Waals surface area contributed by atoms with E-state index >= 15 is 0 Å². The van der Waals surface area contributed by atoms with E-state index in [-0.39, 0.29) is 17.8 Å². The van der Waals surface area contributed by atoms with E-state index in [2.05, 4.69) is 16.4 Å². The number of carbonyl (C=O) groups excluding carboxylic acids is 1. The summed E-state index contributed by atoms with van der Waals surface area (Å²) in [7, 11) is 0. The van der Waals surface area contributed by atoms with Gasteiger partial charge in [-0.15, -0.1) is 11.8 Å². The number of carboxylic acid groups (broad SMARTS) is 1. The molecule has 1 aliphatic carbocycles. The first-order valence-electron chi connectivity index (χ1n) is 7.85. The maximum absolute atomic E-state index is 12.6. The Labute approximate surface area is 149 Å². The highest BCUT2D eigenvalue weighted by Crippen LogP contribution is 2.29. The summed E-state index contributed by atoms with van der Waals surface area (Å²) in [6.45, 7) is 0.416. The van der Waals surface area contributed by atoms with Gasteiger partial charge in [-0.2, -0.15) is 5.26 Å². The molecule has 1 saturated carbocycles. The molecule has 0 radical (unpaired) electrons. The molecule has 7 nitrogen and oxygen atoms in total. The molecule has 0 aliphatic heterocycles. The number of carbonyl (C=O) groups is 2.